The van der Waals surface area contributed by atoms with E-state index in [4.69, 9.17) is 4.74 Å². The number of hydrogen-bond acceptors (Lipinski definition) is 8. The third kappa shape index (κ3) is 3.44. The molecule has 0 radical (unpaired) electrons. The molecule has 4 rings (SSSR count). The number of imide groups is 2. The van der Waals surface area contributed by atoms with Crippen LogP contribution < -0.4 is 0 Å². The van der Waals surface area contributed by atoms with Crippen molar-refractivity contribution in [2.45, 2.75) is 39.0 Å². The third-order valence-corrected chi connectivity index (χ3v) is 6.89. The molecule has 0 saturated heterocycles. The first-order chi connectivity index (χ1) is 17.3. The predicted molar refractivity (Wildman–Crippen MR) is 123 cm³/mol. The summed E-state index contributed by atoms with van der Waals surface area (Å²) in [6.45, 7) is 3.13. The van der Waals surface area contributed by atoms with Gasteiger partial charge in [-0.1, -0.05) is 38.1 Å². The summed E-state index contributed by atoms with van der Waals surface area (Å²) >= 11 is 0. The van der Waals surface area contributed by atoms with Gasteiger partial charge in [-0.3, -0.25) is 33.7 Å². The van der Waals surface area contributed by atoms with E-state index >= 15 is 0 Å². The van der Waals surface area contributed by atoms with Crippen LogP contribution in [0.1, 0.15) is 68.1 Å². The van der Waals surface area contributed by atoms with Crippen LogP contribution in [0.2, 0.25) is 0 Å². The second-order valence-corrected chi connectivity index (χ2v) is 8.43. The van der Waals surface area contributed by atoms with Gasteiger partial charge in [0.05, 0.1) is 27.7 Å². The Hall–Kier alpha value is -4.47. The minimum absolute atomic E-state index is 0.0488. The highest BCUT2D eigenvalue weighted by atomic mass is 16.6. The molecule has 2 aliphatic rings. The lowest BCUT2D eigenvalue weighted by molar-refractivity contribution is -0.172. The van der Waals surface area contributed by atoms with Crippen LogP contribution in [0.15, 0.2) is 48.5 Å². The Labute approximate surface area is 205 Å². The molecule has 36 heavy (non-hydrogen) atoms. The van der Waals surface area contributed by atoms with Gasteiger partial charge in [-0.25, -0.2) is 4.90 Å². The van der Waals surface area contributed by atoms with Crippen molar-refractivity contribution in [1.29, 1.82) is 0 Å². The fourth-order valence-electron chi connectivity index (χ4n) is 4.78. The fraction of sp³-hybridized carbons (Fsp3) is 0.269. The molecule has 10 heteroatoms. The molecule has 0 aliphatic carbocycles. The van der Waals surface area contributed by atoms with Crippen molar-refractivity contribution in [3.8, 4) is 0 Å². The van der Waals surface area contributed by atoms with Crippen LogP contribution in [-0.2, 0) is 19.1 Å². The molecule has 184 valence electrons. The summed E-state index contributed by atoms with van der Waals surface area (Å²) in [6, 6.07) is 10.4. The van der Waals surface area contributed by atoms with Gasteiger partial charge in [0.25, 0.3) is 23.6 Å². The molecule has 0 spiro atoms. The monoisotopic (exact) mass is 490 g/mol. The van der Waals surface area contributed by atoms with E-state index in [1.165, 1.54) is 24.3 Å². The molecule has 2 aromatic carbocycles. The predicted octanol–water partition coefficient (Wildman–Crippen LogP) is 2.02. The molecular formula is C26H22N2O8. The first-order valence-corrected chi connectivity index (χ1v) is 11.3. The maximum absolute atomic E-state index is 13.5. The Morgan fingerprint density at radius 2 is 1.14 bits per heavy atom. The largest absolute Gasteiger partial charge is 0.433 e. The molecule has 4 amide bonds. The fourth-order valence-corrected chi connectivity index (χ4v) is 4.78. The number of aldehydes is 2. The minimum Gasteiger partial charge on any atom is -0.433 e. The number of esters is 1. The summed E-state index contributed by atoms with van der Waals surface area (Å²) in [5, 5.41) is 0. The number of hydrogen-bond donors (Lipinski definition) is 0. The smallest absolute Gasteiger partial charge is 0.316 e. The summed E-state index contributed by atoms with van der Waals surface area (Å²) in [5.41, 5.74) is -1.44. The topological polar surface area (TPSA) is 135 Å². The molecule has 2 atom stereocenters. The lowest BCUT2D eigenvalue weighted by atomic mass is 9.75. The van der Waals surface area contributed by atoms with E-state index < -0.39 is 47.3 Å². The third-order valence-electron chi connectivity index (χ3n) is 6.89. The van der Waals surface area contributed by atoms with Crippen molar-refractivity contribution in [1.82, 2.24) is 9.80 Å². The highest BCUT2D eigenvalue weighted by Gasteiger charge is 2.54. The van der Waals surface area contributed by atoms with Gasteiger partial charge in [-0.05, 0) is 37.1 Å². The van der Waals surface area contributed by atoms with Gasteiger partial charge >= 0.3 is 5.97 Å². The van der Waals surface area contributed by atoms with E-state index in [1.54, 1.807) is 38.1 Å². The van der Waals surface area contributed by atoms with Crippen LogP contribution in [0.3, 0.4) is 0 Å². The van der Waals surface area contributed by atoms with E-state index in [0.29, 0.717) is 11.2 Å². The van der Waals surface area contributed by atoms with Crippen molar-refractivity contribution in [3.63, 3.8) is 0 Å². The van der Waals surface area contributed by atoms with Crippen LogP contribution in [0.5, 0.6) is 0 Å². The number of rotatable bonds is 9. The molecule has 0 N–H and O–H groups in total. The van der Waals surface area contributed by atoms with Crippen molar-refractivity contribution < 1.29 is 38.3 Å². The van der Waals surface area contributed by atoms with Gasteiger partial charge < -0.3 is 9.53 Å². The summed E-state index contributed by atoms with van der Waals surface area (Å²) in [5.74, 6) is -4.20. The van der Waals surface area contributed by atoms with E-state index in [-0.39, 0.29) is 41.4 Å². The van der Waals surface area contributed by atoms with Crippen molar-refractivity contribution >= 4 is 42.2 Å². The standard InChI is InChI=1S/C26H22N2O8/c1-3-26(4-2,19(13-29)27-21(31)15-9-5-6-10-16(15)22(27)32)25(35)36-20(14-30)28-23(33)17-11-7-8-12-18(17)24(28)34/h5-14,19-20H,3-4H2,1-2H3. The minimum atomic E-state index is -1.91. The zero-order chi connectivity index (χ0) is 26.2. The maximum atomic E-state index is 13.5. The highest BCUT2D eigenvalue weighted by molar-refractivity contribution is 6.23. The molecular weight excluding hydrogens is 468 g/mol. The van der Waals surface area contributed by atoms with Gasteiger partial charge in [0, 0.05) is 0 Å². The van der Waals surface area contributed by atoms with Gasteiger partial charge in [-0.15, -0.1) is 0 Å². The molecule has 2 aliphatic heterocycles. The molecule has 0 bridgehead atoms. The van der Waals surface area contributed by atoms with Gasteiger partial charge in [0.1, 0.15) is 12.3 Å². The van der Waals surface area contributed by atoms with Crippen LogP contribution in [0, 0.1) is 5.41 Å². The Kier molecular flexibility index (Phi) is 6.36. The number of nitrogens with zero attached hydrogens (tertiary/aromatic N) is 2. The zero-order valence-electron chi connectivity index (χ0n) is 19.5. The molecule has 0 fully saturated rings. The van der Waals surface area contributed by atoms with E-state index in [0.717, 1.165) is 4.90 Å². The summed E-state index contributed by atoms with van der Waals surface area (Å²) in [7, 11) is 0. The number of benzene rings is 2. The van der Waals surface area contributed by atoms with Crippen LogP contribution >= 0.6 is 0 Å². The molecule has 10 nitrogen and oxygen atoms in total. The Morgan fingerprint density at radius 1 is 0.750 bits per heavy atom. The molecule has 2 unspecified atom stereocenters. The Bertz CT molecular complexity index is 1240. The van der Waals surface area contributed by atoms with Crippen molar-refractivity contribution in [2.24, 2.45) is 5.41 Å². The maximum Gasteiger partial charge on any atom is 0.316 e. The number of amides is 4. The van der Waals surface area contributed by atoms with Crippen LogP contribution in [0.25, 0.3) is 0 Å². The van der Waals surface area contributed by atoms with Crippen molar-refractivity contribution in [2.75, 3.05) is 0 Å². The summed E-state index contributed by atoms with van der Waals surface area (Å²) in [6.07, 6.45) is -1.54. The van der Waals surface area contributed by atoms with Crippen LogP contribution in [0.4, 0.5) is 0 Å². The lowest BCUT2D eigenvalue weighted by Crippen LogP contribution is -2.56. The Balaban J connectivity index is 1.67. The second kappa shape index (κ2) is 9.29. The zero-order valence-corrected chi connectivity index (χ0v) is 19.5. The number of carbonyl (C=O) groups is 7. The average molecular weight is 490 g/mol. The lowest BCUT2D eigenvalue weighted by Gasteiger charge is -2.39. The molecule has 0 aromatic heterocycles. The molecule has 2 heterocycles. The second-order valence-electron chi connectivity index (χ2n) is 8.43. The van der Waals surface area contributed by atoms with E-state index in [1.807, 2.05) is 0 Å². The molecule has 0 saturated carbocycles. The van der Waals surface area contributed by atoms with Gasteiger partial charge in [-0.2, -0.15) is 0 Å². The first-order valence-electron chi connectivity index (χ1n) is 11.3. The average Bonchev–Trinajstić information content (AvgIpc) is 3.30. The summed E-state index contributed by atoms with van der Waals surface area (Å²) in [4.78, 5) is 90.7. The number of fused-ring (bicyclic) bond motifs is 2. The first kappa shape index (κ1) is 24.6. The molecule has 2 aromatic rings. The Morgan fingerprint density at radius 3 is 1.47 bits per heavy atom. The highest BCUT2D eigenvalue weighted by Crippen LogP contribution is 2.39. The number of ether oxygens (including phenoxy) is 1. The van der Waals surface area contributed by atoms with Gasteiger partial charge in [0.15, 0.2) is 6.29 Å². The normalized spacial score (nSPS) is 16.5. The van der Waals surface area contributed by atoms with E-state index in [2.05, 4.69) is 0 Å². The van der Waals surface area contributed by atoms with Crippen molar-refractivity contribution in [3.05, 3.63) is 70.8 Å². The van der Waals surface area contributed by atoms with E-state index in [9.17, 15) is 33.6 Å². The van der Waals surface area contributed by atoms with Crippen LogP contribution in [-0.4, -0.2) is 64.2 Å². The number of carbonyl (C=O) groups excluding carboxylic acids is 7. The SMILES string of the molecule is CCC(CC)(C(=O)OC(C=O)N1C(=O)c2ccccc2C1=O)C(C=O)N1C(=O)c2ccccc2C1=O. The van der Waals surface area contributed by atoms with Gasteiger partial charge in [0.2, 0.25) is 6.23 Å². The quantitative estimate of drug-likeness (QED) is 0.296. The summed E-state index contributed by atoms with van der Waals surface area (Å²) < 4.78 is 5.36.